The van der Waals surface area contributed by atoms with Crippen LogP contribution >= 0.6 is 0 Å². The standard InChI is InChI=1S/C14H19NO5/c1-4-14(2,13(18)19)8-15-12(17)10-6-5-9(20-3)7-11(10)16/h5-7,16H,4,8H2,1-3H3,(H,15,17)(H,18,19). The number of ether oxygens (including phenoxy) is 1. The zero-order valence-electron chi connectivity index (χ0n) is 11.8. The smallest absolute Gasteiger partial charge is 0.311 e. The Labute approximate surface area is 117 Å². The number of aromatic hydroxyl groups is 1. The Balaban J connectivity index is 2.80. The zero-order valence-corrected chi connectivity index (χ0v) is 11.8. The number of carbonyl (C=O) groups is 2. The summed E-state index contributed by atoms with van der Waals surface area (Å²) in [5.41, 5.74) is -0.952. The van der Waals surface area contributed by atoms with Gasteiger partial charge < -0.3 is 20.3 Å². The Morgan fingerprint density at radius 1 is 1.40 bits per heavy atom. The quantitative estimate of drug-likeness (QED) is 0.736. The van der Waals surface area contributed by atoms with Gasteiger partial charge in [-0.25, -0.2) is 0 Å². The number of carbonyl (C=O) groups excluding carboxylic acids is 1. The number of hydrogen-bond acceptors (Lipinski definition) is 4. The molecule has 3 N–H and O–H groups in total. The SMILES string of the molecule is CCC(C)(CNC(=O)c1ccc(OC)cc1O)C(=O)O. The Hall–Kier alpha value is -2.24. The van der Waals surface area contributed by atoms with E-state index < -0.39 is 17.3 Å². The summed E-state index contributed by atoms with van der Waals surface area (Å²) in [4.78, 5) is 23.1. The van der Waals surface area contributed by atoms with E-state index in [0.29, 0.717) is 12.2 Å². The van der Waals surface area contributed by atoms with Crippen molar-refractivity contribution >= 4 is 11.9 Å². The first kappa shape index (κ1) is 15.8. The number of benzene rings is 1. The van der Waals surface area contributed by atoms with Gasteiger partial charge in [0.25, 0.3) is 5.91 Å². The molecule has 0 saturated heterocycles. The van der Waals surface area contributed by atoms with Crippen molar-refractivity contribution in [3.05, 3.63) is 23.8 Å². The van der Waals surface area contributed by atoms with Gasteiger partial charge in [0.1, 0.15) is 11.5 Å². The Morgan fingerprint density at radius 2 is 2.05 bits per heavy atom. The highest BCUT2D eigenvalue weighted by Gasteiger charge is 2.31. The van der Waals surface area contributed by atoms with Crippen molar-refractivity contribution in [2.24, 2.45) is 5.41 Å². The first-order valence-corrected chi connectivity index (χ1v) is 6.22. The molecule has 0 aliphatic heterocycles. The molecule has 0 heterocycles. The fourth-order valence-corrected chi connectivity index (χ4v) is 1.55. The van der Waals surface area contributed by atoms with Gasteiger partial charge in [0.15, 0.2) is 0 Å². The lowest BCUT2D eigenvalue weighted by atomic mass is 9.87. The lowest BCUT2D eigenvalue weighted by Crippen LogP contribution is -2.40. The monoisotopic (exact) mass is 281 g/mol. The van der Waals surface area contributed by atoms with E-state index in [4.69, 9.17) is 9.84 Å². The number of methoxy groups -OCH3 is 1. The summed E-state index contributed by atoms with van der Waals surface area (Å²) in [5.74, 6) is -1.27. The van der Waals surface area contributed by atoms with Crippen LogP contribution in [0.4, 0.5) is 0 Å². The average Bonchev–Trinajstić information content (AvgIpc) is 2.43. The van der Waals surface area contributed by atoms with Crippen molar-refractivity contribution in [3.8, 4) is 11.5 Å². The van der Waals surface area contributed by atoms with Crippen molar-refractivity contribution < 1.29 is 24.5 Å². The molecule has 0 radical (unpaired) electrons. The maximum absolute atomic E-state index is 11.9. The number of nitrogens with one attached hydrogen (secondary N) is 1. The van der Waals surface area contributed by atoms with E-state index >= 15 is 0 Å². The van der Waals surface area contributed by atoms with Crippen LogP contribution in [0.3, 0.4) is 0 Å². The molecule has 0 aromatic heterocycles. The highest BCUT2D eigenvalue weighted by molar-refractivity contribution is 5.97. The summed E-state index contributed by atoms with van der Waals surface area (Å²) >= 11 is 0. The Bertz CT molecular complexity index is 514. The van der Waals surface area contributed by atoms with E-state index in [9.17, 15) is 14.7 Å². The van der Waals surface area contributed by atoms with Crippen molar-refractivity contribution in [1.29, 1.82) is 0 Å². The molecule has 1 atom stereocenters. The van der Waals surface area contributed by atoms with Gasteiger partial charge in [-0.3, -0.25) is 9.59 Å². The van der Waals surface area contributed by atoms with Crippen LogP contribution < -0.4 is 10.1 Å². The maximum Gasteiger partial charge on any atom is 0.311 e. The van der Waals surface area contributed by atoms with Crippen LogP contribution in [-0.2, 0) is 4.79 Å². The lowest BCUT2D eigenvalue weighted by molar-refractivity contribution is -0.147. The molecule has 1 aromatic carbocycles. The predicted octanol–water partition coefficient (Wildman–Crippen LogP) is 1.63. The molecule has 0 aliphatic rings. The molecule has 6 nitrogen and oxygen atoms in total. The third kappa shape index (κ3) is 3.40. The van der Waals surface area contributed by atoms with E-state index in [1.165, 1.54) is 19.2 Å². The van der Waals surface area contributed by atoms with E-state index in [1.807, 2.05) is 0 Å². The van der Waals surface area contributed by atoms with Crippen molar-refractivity contribution in [3.63, 3.8) is 0 Å². The van der Waals surface area contributed by atoms with E-state index in [1.54, 1.807) is 19.9 Å². The third-order valence-corrected chi connectivity index (χ3v) is 3.39. The Kier molecular flexibility index (Phi) is 4.96. The molecule has 0 bridgehead atoms. The minimum absolute atomic E-state index is 0.0108. The summed E-state index contributed by atoms with van der Waals surface area (Å²) in [7, 11) is 1.45. The molecular formula is C14H19NO5. The molecule has 1 aromatic rings. The molecule has 1 rings (SSSR count). The molecule has 0 spiro atoms. The molecule has 0 aliphatic carbocycles. The normalized spacial score (nSPS) is 13.3. The predicted molar refractivity (Wildman–Crippen MR) is 73.0 cm³/mol. The number of hydrogen-bond donors (Lipinski definition) is 3. The van der Waals surface area contributed by atoms with Gasteiger partial charge in [0, 0.05) is 12.6 Å². The summed E-state index contributed by atoms with van der Waals surface area (Å²) in [6.07, 6.45) is 0.386. The summed E-state index contributed by atoms with van der Waals surface area (Å²) < 4.78 is 4.92. The van der Waals surface area contributed by atoms with Gasteiger partial charge in [-0.15, -0.1) is 0 Å². The minimum Gasteiger partial charge on any atom is -0.507 e. The van der Waals surface area contributed by atoms with Crippen molar-refractivity contribution in [2.75, 3.05) is 13.7 Å². The largest absolute Gasteiger partial charge is 0.507 e. The van der Waals surface area contributed by atoms with Crippen LogP contribution in [0.25, 0.3) is 0 Å². The maximum atomic E-state index is 11.9. The molecule has 110 valence electrons. The highest BCUT2D eigenvalue weighted by atomic mass is 16.5. The molecule has 0 fully saturated rings. The fourth-order valence-electron chi connectivity index (χ4n) is 1.55. The molecule has 6 heteroatoms. The number of phenols is 1. The van der Waals surface area contributed by atoms with Crippen LogP contribution in [0, 0.1) is 5.41 Å². The van der Waals surface area contributed by atoms with Gasteiger partial charge in [0.05, 0.1) is 18.1 Å². The summed E-state index contributed by atoms with van der Waals surface area (Å²) in [6, 6.07) is 4.30. The molecule has 1 unspecified atom stereocenters. The van der Waals surface area contributed by atoms with Crippen LogP contribution in [0.2, 0.25) is 0 Å². The first-order chi connectivity index (χ1) is 9.34. The van der Waals surface area contributed by atoms with E-state index in [0.717, 1.165) is 0 Å². The number of amides is 1. The second-order valence-corrected chi connectivity index (χ2v) is 4.79. The van der Waals surface area contributed by atoms with E-state index in [2.05, 4.69) is 5.32 Å². The Morgan fingerprint density at radius 3 is 2.50 bits per heavy atom. The molecule has 1 amide bonds. The van der Waals surface area contributed by atoms with Gasteiger partial charge in [0.2, 0.25) is 0 Å². The third-order valence-electron chi connectivity index (χ3n) is 3.39. The first-order valence-electron chi connectivity index (χ1n) is 6.22. The van der Waals surface area contributed by atoms with Crippen molar-refractivity contribution in [2.45, 2.75) is 20.3 Å². The summed E-state index contributed by atoms with van der Waals surface area (Å²) in [5, 5.41) is 21.4. The minimum atomic E-state index is -1.03. The second kappa shape index (κ2) is 6.27. The second-order valence-electron chi connectivity index (χ2n) is 4.79. The van der Waals surface area contributed by atoms with Crippen LogP contribution in [-0.4, -0.2) is 35.7 Å². The van der Waals surface area contributed by atoms with Gasteiger partial charge in [-0.05, 0) is 25.5 Å². The van der Waals surface area contributed by atoms with Gasteiger partial charge in [-0.1, -0.05) is 6.92 Å². The van der Waals surface area contributed by atoms with Crippen LogP contribution in [0.5, 0.6) is 11.5 Å². The summed E-state index contributed by atoms with van der Waals surface area (Å²) in [6.45, 7) is 3.29. The molecular weight excluding hydrogens is 262 g/mol. The number of rotatable bonds is 6. The van der Waals surface area contributed by atoms with Crippen LogP contribution in [0.15, 0.2) is 18.2 Å². The number of aliphatic carboxylic acids is 1. The lowest BCUT2D eigenvalue weighted by Gasteiger charge is -2.23. The zero-order chi connectivity index (χ0) is 15.3. The van der Waals surface area contributed by atoms with E-state index in [-0.39, 0.29) is 17.9 Å². The number of phenolic OH excluding ortho intramolecular Hbond substituents is 1. The number of carboxylic acid groups (broad SMARTS) is 1. The average molecular weight is 281 g/mol. The fraction of sp³-hybridized carbons (Fsp3) is 0.429. The van der Waals surface area contributed by atoms with Crippen LogP contribution in [0.1, 0.15) is 30.6 Å². The highest BCUT2D eigenvalue weighted by Crippen LogP contribution is 2.24. The molecule has 0 saturated carbocycles. The topological polar surface area (TPSA) is 95.9 Å². The van der Waals surface area contributed by atoms with Gasteiger partial charge >= 0.3 is 5.97 Å². The van der Waals surface area contributed by atoms with Gasteiger partial charge in [-0.2, -0.15) is 0 Å². The molecule has 20 heavy (non-hydrogen) atoms. The van der Waals surface area contributed by atoms with Crippen molar-refractivity contribution in [1.82, 2.24) is 5.32 Å². The number of carboxylic acids is 1.